The van der Waals surface area contributed by atoms with Crippen molar-refractivity contribution in [1.29, 1.82) is 0 Å². The molecule has 0 radical (unpaired) electrons. The van der Waals surface area contributed by atoms with Crippen LogP contribution in [-0.2, 0) is 15.3 Å². The number of piperidine rings is 1. The molecule has 3 rings (SSSR count). The van der Waals surface area contributed by atoms with E-state index in [0.717, 1.165) is 49.9 Å². The van der Waals surface area contributed by atoms with Gasteiger partial charge in [-0.3, -0.25) is 9.79 Å². The third kappa shape index (κ3) is 5.19. The van der Waals surface area contributed by atoms with E-state index >= 15 is 0 Å². The van der Waals surface area contributed by atoms with E-state index in [2.05, 4.69) is 57.7 Å². The van der Waals surface area contributed by atoms with Gasteiger partial charge in [-0.1, -0.05) is 42.5 Å². The number of aliphatic imine (C=N–C) groups is 1. The first kappa shape index (κ1) is 20.5. The smallest absolute Gasteiger partial charge is 0.308 e. The number of rotatable bonds is 6. The van der Waals surface area contributed by atoms with Crippen molar-refractivity contribution in [3.8, 4) is 0 Å². The number of hydrogen-bond acceptors (Lipinski definition) is 4. The number of benzene rings is 2. The van der Waals surface area contributed by atoms with Gasteiger partial charge in [-0.15, -0.1) is 0 Å². The molecular formula is C22H29N3O2S. The number of fused-ring (bicyclic) bond motifs is 1. The number of carbonyl (C=O) groups is 1. The minimum absolute atomic E-state index is 0.0237. The van der Waals surface area contributed by atoms with E-state index in [9.17, 15) is 4.79 Å². The third-order valence-electron chi connectivity index (χ3n) is 5.21. The summed E-state index contributed by atoms with van der Waals surface area (Å²) in [7, 11) is 3.28. The summed E-state index contributed by atoms with van der Waals surface area (Å²) in [6.45, 7) is 2.55. The molecule has 0 bridgehead atoms. The fourth-order valence-electron chi connectivity index (χ4n) is 3.66. The van der Waals surface area contributed by atoms with E-state index < -0.39 is 0 Å². The highest BCUT2D eigenvalue weighted by molar-refractivity contribution is 7.98. The molecule has 0 aromatic heterocycles. The molecule has 0 aliphatic carbocycles. The molecule has 1 saturated heterocycles. The molecule has 0 amide bonds. The Kier molecular flexibility index (Phi) is 7.60. The fraction of sp³-hybridized carbons (Fsp3) is 0.455. The Bertz CT molecular complexity index is 811. The lowest BCUT2D eigenvalue weighted by atomic mass is 9.97. The van der Waals surface area contributed by atoms with Gasteiger partial charge in [0.15, 0.2) is 5.96 Å². The standard InChI is InChI=1S/C22H29N3O2S/c1-23-22(25-13-10-18(11-14-25)21(26)27-2)24-12-15-28-16-19-8-5-7-17-6-3-4-9-20(17)19/h3-9,18H,10-16H2,1-2H3,(H,23,24). The summed E-state index contributed by atoms with van der Waals surface area (Å²) in [6.07, 6.45) is 1.65. The summed E-state index contributed by atoms with van der Waals surface area (Å²) in [5.74, 6) is 2.88. The van der Waals surface area contributed by atoms with Crippen LogP contribution in [0, 0.1) is 5.92 Å². The molecule has 2 aromatic carbocycles. The average molecular weight is 400 g/mol. The molecule has 1 N–H and O–H groups in total. The van der Waals surface area contributed by atoms with Gasteiger partial charge < -0.3 is 15.0 Å². The Labute approximate surface area is 171 Å². The Morgan fingerprint density at radius 1 is 1.21 bits per heavy atom. The van der Waals surface area contributed by atoms with Crippen molar-refractivity contribution in [3.05, 3.63) is 48.0 Å². The van der Waals surface area contributed by atoms with Gasteiger partial charge in [0.2, 0.25) is 0 Å². The van der Waals surface area contributed by atoms with Crippen LogP contribution in [0.4, 0.5) is 0 Å². The summed E-state index contributed by atoms with van der Waals surface area (Å²) in [6, 6.07) is 15.1. The summed E-state index contributed by atoms with van der Waals surface area (Å²) in [5.41, 5.74) is 1.39. The van der Waals surface area contributed by atoms with E-state index in [1.54, 1.807) is 0 Å². The van der Waals surface area contributed by atoms with Crippen molar-refractivity contribution in [2.24, 2.45) is 10.9 Å². The van der Waals surface area contributed by atoms with Gasteiger partial charge in [0.05, 0.1) is 13.0 Å². The van der Waals surface area contributed by atoms with Gasteiger partial charge in [0.25, 0.3) is 0 Å². The van der Waals surface area contributed by atoms with E-state index in [-0.39, 0.29) is 11.9 Å². The number of methoxy groups -OCH3 is 1. The second kappa shape index (κ2) is 10.4. The van der Waals surface area contributed by atoms with Crippen LogP contribution in [0.2, 0.25) is 0 Å². The molecule has 5 nitrogen and oxygen atoms in total. The van der Waals surface area contributed by atoms with E-state index in [4.69, 9.17) is 4.74 Å². The lowest BCUT2D eigenvalue weighted by molar-refractivity contribution is -0.146. The molecule has 0 spiro atoms. The highest BCUT2D eigenvalue weighted by Gasteiger charge is 2.26. The normalized spacial score (nSPS) is 15.6. The van der Waals surface area contributed by atoms with Crippen LogP contribution in [0.5, 0.6) is 0 Å². The summed E-state index contributed by atoms with van der Waals surface area (Å²) in [5, 5.41) is 6.10. The van der Waals surface area contributed by atoms with E-state index in [0.29, 0.717) is 0 Å². The molecule has 0 saturated carbocycles. The highest BCUT2D eigenvalue weighted by atomic mass is 32.2. The predicted octanol–water partition coefficient (Wildman–Crippen LogP) is 3.53. The number of ether oxygens (including phenoxy) is 1. The second-order valence-electron chi connectivity index (χ2n) is 6.95. The molecule has 1 aliphatic heterocycles. The van der Waals surface area contributed by atoms with Crippen LogP contribution in [0.25, 0.3) is 10.8 Å². The number of guanidine groups is 1. The molecule has 6 heteroatoms. The molecule has 0 atom stereocenters. The number of nitrogens with zero attached hydrogens (tertiary/aromatic N) is 2. The molecule has 0 unspecified atom stereocenters. The number of thioether (sulfide) groups is 1. The van der Waals surface area contributed by atoms with Gasteiger partial charge in [0.1, 0.15) is 0 Å². The number of esters is 1. The van der Waals surface area contributed by atoms with E-state index in [1.165, 1.54) is 23.4 Å². The first-order chi connectivity index (χ1) is 13.7. The van der Waals surface area contributed by atoms with Crippen molar-refractivity contribution in [1.82, 2.24) is 10.2 Å². The zero-order valence-electron chi connectivity index (χ0n) is 16.7. The zero-order chi connectivity index (χ0) is 19.8. The fourth-order valence-corrected chi connectivity index (χ4v) is 4.52. The average Bonchev–Trinajstić information content (AvgIpc) is 2.76. The Morgan fingerprint density at radius 3 is 2.71 bits per heavy atom. The monoisotopic (exact) mass is 399 g/mol. The topological polar surface area (TPSA) is 53.9 Å². The maximum absolute atomic E-state index is 11.7. The summed E-state index contributed by atoms with van der Waals surface area (Å²) < 4.78 is 4.86. The van der Waals surface area contributed by atoms with Gasteiger partial charge in [-0.25, -0.2) is 0 Å². The molecule has 1 heterocycles. The molecule has 150 valence electrons. The third-order valence-corrected chi connectivity index (χ3v) is 6.22. The maximum Gasteiger partial charge on any atom is 0.308 e. The quantitative estimate of drug-likeness (QED) is 0.349. The number of hydrogen-bond donors (Lipinski definition) is 1. The largest absolute Gasteiger partial charge is 0.469 e. The van der Waals surface area contributed by atoms with Crippen molar-refractivity contribution in [3.63, 3.8) is 0 Å². The molecular weight excluding hydrogens is 370 g/mol. The lowest BCUT2D eigenvalue weighted by Crippen LogP contribution is -2.47. The second-order valence-corrected chi connectivity index (χ2v) is 8.05. The molecule has 1 fully saturated rings. The molecule has 1 aliphatic rings. The Morgan fingerprint density at radius 2 is 1.96 bits per heavy atom. The number of likely N-dealkylation sites (tertiary alicyclic amines) is 1. The minimum Gasteiger partial charge on any atom is -0.469 e. The van der Waals surface area contributed by atoms with Crippen LogP contribution < -0.4 is 5.32 Å². The van der Waals surface area contributed by atoms with E-state index in [1.807, 2.05) is 18.8 Å². The lowest BCUT2D eigenvalue weighted by Gasteiger charge is -2.33. The van der Waals surface area contributed by atoms with Gasteiger partial charge >= 0.3 is 5.97 Å². The number of carbonyl (C=O) groups excluding carboxylic acids is 1. The van der Waals surface area contributed by atoms with Gasteiger partial charge in [0, 0.05) is 38.2 Å². The van der Waals surface area contributed by atoms with Crippen LogP contribution in [0.3, 0.4) is 0 Å². The molecule has 2 aromatic rings. The predicted molar refractivity (Wildman–Crippen MR) is 118 cm³/mol. The SMILES string of the molecule is CN=C(NCCSCc1cccc2ccccc12)N1CCC(C(=O)OC)CC1. The summed E-state index contributed by atoms with van der Waals surface area (Å²) in [4.78, 5) is 18.3. The highest BCUT2D eigenvalue weighted by Crippen LogP contribution is 2.22. The zero-order valence-corrected chi connectivity index (χ0v) is 17.5. The number of nitrogens with one attached hydrogen (secondary N) is 1. The van der Waals surface area contributed by atoms with Crippen molar-refractivity contribution in [2.45, 2.75) is 18.6 Å². The first-order valence-electron chi connectivity index (χ1n) is 9.80. The Hall–Kier alpha value is -2.21. The van der Waals surface area contributed by atoms with Crippen LogP contribution >= 0.6 is 11.8 Å². The maximum atomic E-state index is 11.7. The van der Waals surface area contributed by atoms with Gasteiger partial charge in [-0.05, 0) is 29.2 Å². The van der Waals surface area contributed by atoms with Crippen molar-refractivity contribution in [2.75, 3.05) is 39.5 Å². The van der Waals surface area contributed by atoms with Crippen LogP contribution in [0.1, 0.15) is 18.4 Å². The minimum atomic E-state index is -0.0903. The first-order valence-corrected chi connectivity index (χ1v) is 11.0. The van der Waals surface area contributed by atoms with Crippen LogP contribution in [0.15, 0.2) is 47.5 Å². The van der Waals surface area contributed by atoms with Crippen LogP contribution in [-0.4, -0.2) is 56.4 Å². The van der Waals surface area contributed by atoms with Crippen molar-refractivity contribution < 1.29 is 9.53 Å². The summed E-state index contributed by atoms with van der Waals surface area (Å²) >= 11 is 1.93. The Balaban J connectivity index is 1.41. The molecule has 28 heavy (non-hydrogen) atoms. The van der Waals surface area contributed by atoms with Gasteiger partial charge in [-0.2, -0.15) is 11.8 Å². The van der Waals surface area contributed by atoms with Crippen molar-refractivity contribution >= 4 is 34.5 Å².